The minimum atomic E-state index is -5.48. The number of nitrogens with one attached hydrogen (secondary N) is 1. The maximum absolute atomic E-state index is 12.0. The molecule has 4 aromatic rings. The number of esters is 1. The van der Waals surface area contributed by atoms with Gasteiger partial charge in [0.05, 0.1) is 25.4 Å². The molecule has 0 aliphatic heterocycles. The number of ether oxygens (including phenoxy) is 2. The second-order valence-corrected chi connectivity index (χ2v) is 11.7. The molecule has 45 heavy (non-hydrogen) atoms. The molecule has 5 rings (SSSR count). The number of aromatic nitrogens is 1. The number of carbonyl (C=O) groups is 1. The monoisotopic (exact) mass is 673 g/mol. The summed E-state index contributed by atoms with van der Waals surface area (Å²) in [5.74, 6) is -1.36. The van der Waals surface area contributed by atoms with E-state index in [1.54, 1.807) is 67.0 Å². The molecule has 4 atom stereocenters. The molecule has 0 saturated heterocycles. The molecule has 0 spiro atoms. The van der Waals surface area contributed by atoms with Crippen LogP contribution in [-0.2, 0) is 45.2 Å². The fraction of sp³-hybridized carbons (Fsp3) is 0.207. The van der Waals surface area contributed by atoms with Crippen molar-refractivity contribution >= 4 is 43.1 Å². The fourth-order valence-corrected chi connectivity index (χ4v) is 6.16. The smallest absolute Gasteiger partial charge is 0.726 e. The molecule has 16 heteroatoms. The summed E-state index contributed by atoms with van der Waals surface area (Å²) in [5, 5.41) is 1.42. The van der Waals surface area contributed by atoms with E-state index in [4.69, 9.17) is 17.8 Å². The molecule has 0 bridgehead atoms. The van der Waals surface area contributed by atoms with Gasteiger partial charge in [0.2, 0.25) is 20.8 Å². The van der Waals surface area contributed by atoms with Gasteiger partial charge >= 0.3 is 65.1 Å². The third kappa shape index (κ3) is 9.35. The minimum absolute atomic E-state index is 0. The van der Waals surface area contributed by atoms with Gasteiger partial charge in [-0.3, -0.25) is 8.37 Å². The number of hydrogen-bond donors (Lipinski definition) is 1. The Bertz CT molecular complexity index is 1860. The Morgan fingerprint density at radius 2 is 1.51 bits per heavy atom. The van der Waals surface area contributed by atoms with Gasteiger partial charge in [0.15, 0.2) is 0 Å². The molecule has 0 saturated carbocycles. The third-order valence-corrected chi connectivity index (χ3v) is 7.92. The van der Waals surface area contributed by atoms with Crippen molar-refractivity contribution in [2.75, 3.05) is 7.11 Å². The first-order valence-electron chi connectivity index (χ1n) is 12.8. The summed E-state index contributed by atoms with van der Waals surface area (Å²) < 4.78 is 92.7. The fourth-order valence-electron chi connectivity index (χ4n) is 5.21. The molecule has 1 N–H and O–H groups in total. The van der Waals surface area contributed by atoms with Crippen LogP contribution in [0.15, 0.2) is 91.3 Å². The van der Waals surface area contributed by atoms with Crippen LogP contribution in [0.3, 0.4) is 0 Å². The van der Waals surface area contributed by atoms with Crippen LogP contribution in [0, 0.1) is 0 Å². The van der Waals surface area contributed by atoms with Crippen LogP contribution in [-0.4, -0.2) is 62.3 Å². The first-order chi connectivity index (χ1) is 20.4. The summed E-state index contributed by atoms with van der Waals surface area (Å²) >= 11 is 0. The second kappa shape index (κ2) is 15.8. The Kier molecular flexibility index (Phi) is 13.2. The summed E-state index contributed by atoms with van der Waals surface area (Å²) in [7, 11) is -9.69. The number of methoxy groups -OCH3 is 1. The number of fused-ring (bicyclic) bond motifs is 1. The van der Waals surface area contributed by atoms with E-state index in [2.05, 4.69) is 4.98 Å². The van der Waals surface area contributed by atoms with Crippen LogP contribution in [0.4, 0.5) is 0 Å². The van der Waals surface area contributed by atoms with Crippen LogP contribution in [0.5, 0.6) is 0 Å². The maximum Gasteiger partial charge on any atom is 1.00 e. The number of rotatable bonds is 10. The summed E-state index contributed by atoms with van der Waals surface area (Å²) in [5.41, 5.74) is 1.95. The van der Waals surface area contributed by atoms with Gasteiger partial charge in [-0.25, -0.2) is 21.6 Å². The Labute approximate surface area is 304 Å². The van der Waals surface area contributed by atoms with Gasteiger partial charge < -0.3 is 23.6 Å². The van der Waals surface area contributed by atoms with Gasteiger partial charge in [-0.2, -0.15) is 0 Å². The molecule has 1 aliphatic rings. The van der Waals surface area contributed by atoms with E-state index >= 15 is 0 Å². The van der Waals surface area contributed by atoms with Crippen molar-refractivity contribution in [1.82, 2.24) is 4.98 Å². The molecule has 1 aromatic heterocycles. The van der Waals surface area contributed by atoms with Gasteiger partial charge in [-0.05, 0) is 51.2 Å². The molecule has 0 amide bonds. The van der Waals surface area contributed by atoms with Gasteiger partial charge in [-0.1, -0.05) is 60.7 Å². The molecule has 0 fully saturated rings. The first-order valence-corrected chi connectivity index (χ1v) is 15.5. The van der Waals surface area contributed by atoms with E-state index in [-0.39, 0.29) is 76.9 Å². The normalized spacial score (nSPS) is 20.0. The average Bonchev–Trinajstić information content (AvgIpc) is 3.50. The van der Waals surface area contributed by atoms with Gasteiger partial charge in [-0.15, -0.1) is 0 Å². The van der Waals surface area contributed by atoms with Gasteiger partial charge in [0, 0.05) is 18.3 Å². The molecule has 0 unspecified atom stereocenters. The Balaban J connectivity index is 0.00000276. The van der Waals surface area contributed by atoms with Crippen LogP contribution in [0.25, 0.3) is 16.3 Å². The zero-order valence-electron chi connectivity index (χ0n) is 24.5. The SMILES string of the molecule is COC(=O)c1ccc(CO[C@H]2[C@H](OS(=O)(=O)[O-])[C@H](OS(=O)(=O)[O-])C(c3cccc4ccccc34)=C[C@@H]2c2cc[nH]c2)cc1.[Na+].[Na+]. The van der Waals surface area contributed by atoms with Crippen LogP contribution >= 0.6 is 0 Å². The van der Waals surface area contributed by atoms with Crippen molar-refractivity contribution < 1.29 is 108 Å². The molecule has 0 radical (unpaired) electrons. The quantitative estimate of drug-likeness (QED) is 0.0808. The van der Waals surface area contributed by atoms with Gasteiger partial charge in [0.1, 0.15) is 12.2 Å². The minimum Gasteiger partial charge on any atom is -0.726 e. The zero-order chi connectivity index (χ0) is 30.8. The topological polar surface area (TPSA) is 184 Å². The number of carbonyl (C=O) groups excluding carboxylic acids is 1. The van der Waals surface area contributed by atoms with E-state index in [1.165, 1.54) is 19.2 Å². The predicted molar refractivity (Wildman–Crippen MR) is 151 cm³/mol. The number of hydrogen-bond acceptors (Lipinski definition) is 11. The molecular weight excluding hydrogens is 648 g/mol. The molecule has 3 aromatic carbocycles. The van der Waals surface area contributed by atoms with Crippen LogP contribution in [0.1, 0.15) is 33.0 Å². The molecule has 12 nitrogen and oxygen atoms in total. The maximum atomic E-state index is 12.0. The van der Waals surface area contributed by atoms with Crippen LogP contribution in [0.2, 0.25) is 0 Å². The largest absolute Gasteiger partial charge is 1.00 e. The average molecular weight is 674 g/mol. The summed E-state index contributed by atoms with van der Waals surface area (Å²) in [6, 6.07) is 20.2. The van der Waals surface area contributed by atoms with E-state index in [9.17, 15) is 30.7 Å². The summed E-state index contributed by atoms with van der Waals surface area (Å²) in [4.78, 5) is 14.7. The number of benzene rings is 3. The van der Waals surface area contributed by atoms with E-state index < -0.39 is 51.0 Å². The van der Waals surface area contributed by atoms with Crippen molar-refractivity contribution in [2.24, 2.45) is 0 Å². The Morgan fingerprint density at radius 1 is 0.844 bits per heavy atom. The van der Waals surface area contributed by atoms with Crippen molar-refractivity contribution in [2.45, 2.75) is 30.8 Å². The third-order valence-electron chi connectivity index (χ3n) is 7.02. The zero-order valence-corrected chi connectivity index (χ0v) is 30.1. The van der Waals surface area contributed by atoms with E-state index in [1.807, 2.05) is 12.1 Å². The summed E-state index contributed by atoms with van der Waals surface area (Å²) in [6.07, 6.45) is -0.265. The number of aromatic amines is 1. The molecule has 1 heterocycles. The molecule has 226 valence electrons. The summed E-state index contributed by atoms with van der Waals surface area (Å²) in [6.45, 7) is -0.180. The van der Waals surface area contributed by atoms with Crippen molar-refractivity contribution in [1.29, 1.82) is 0 Å². The van der Waals surface area contributed by atoms with Gasteiger partial charge in [0.25, 0.3) is 0 Å². The standard InChI is InChI=1S/C29H27NO11S2.2Na/c1-38-29(31)20-11-9-18(10-12-20)17-39-26-24(21-13-14-30-16-21)15-25(23-8-4-6-19-5-2-3-7-22(19)23)27(40-42(32,33)34)28(26)41-43(35,36)37;;/h2-16,24,26-28,30H,17H2,1H3,(H,32,33,34)(H,35,36,37);;/q;2*+1/p-2/t24-,26-,27-,28+;;/m1../s1. The van der Waals surface area contributed by atoms with Crippen molar-refractivity contribution in [3.63, 3.8) is 0 Å². The van der Waals surface area contributed by atoms with E-state index in [0.29, 0.717) is 22.1 Å². The second-order valence-electron chi connectivity index (χ2n) is 9.68. The molecular formula is C29H25NNa2O11S2. The predicted octanol–water partition coefficient (Wildman–Crippen LogP) is -2.58. The van der Waals surface area contributed by atoms with Crippen molar-refractivity contribution in [3.05, 3.63) is 114 Å². The number of H-pyrrole nitrogens is 1. The first kappa shape index (κ1) is 37.6. The van der Waals surface area contributed by atoms with E-state index in [0.717, 1.165) is 5.39 Å². The Hall–Kier alpha value is -1.89. The van der Waals surface area contributed by atoms with Crippen LogP contribution < -0.4 is 59.1 Å². The Morgan fingerprint density at radius 3 is 2.13 bits per heavy atom. The van der Waals surface area contributed by atoms with Crippen molar-refractivity contribution in [3.8, 4) is 0 Å². The molecule has 1 aliphatic carbocycles.